The smallest absolute Gasteiger partial charge is 0.260 e. The summed E-state index contributed by atoms with van der Waals surface area (Å²) in [4.78, 5) is 24.1. The van der Waals surface area contributed by atoms with E-state index in [4.69, 9.17) is 4.52 Å². The molecule has 0 fully saturated rings. The average Bonchev–Trinajstić information content (AvgIpc) is 3.19. The molecule has 2 N–H and O–H groups in total. The third-order valence-electron chi connectivity index (χ3n) is 4.99. The average molecular weight is 351 g/mol. The molecule has 1 aliphatic rings. The van der Waals surface area contributed by atoms with Gasteiger partial charge in [0.15, 0.2) is 5.78 Å². The molecule has 0 spiro atoms. The number of nitrogens with zero attached hydrogens (tertiary/aromatic N) is 3. The second kappa shape index (κ2) is 6.17. The molecule has 0 aliphatic carbocycles. The van der Waals surface area contributed by atoms with E-state index in [0.717, 1.165) is 47.6 Å². The highest BCUT2D eigenvalue weighted by molar-refractivity contribution is 5.96. The first-order chi connectivity index (χ1) is 12.5. The maximum atomic E-state index is 11.8. The molecule has 0 saturated carbocycles. The summed E-state index contributed by atoms with van der Waals surface area (Å²) in [5.74, 6) is 0.957. The Hall–Kier alpha value is -2.80. The predicted molar refractivity (Wildman–Crippen MR) is 96.9 cm³/mol. The fourth-order valence-electron chi connectivity index (χ4n) is 3.72. The van der Waals surface area contributed by atoms with Crippen LogP contribution in [-0.2, 0) is 13.0 Å². The highest BCUT2D eigenvalue weighted by atomic mass is 16.5. The van der Waals surface area contributed by atoms with E-state index in [2.05, 4.69) is 25.4 Å². The molecule has 26 heavy (non-hydrogen) atoms. The molecule has 0 atom stereocenters. The van der Waals surface area contributed by atoms with Crippen LogP contribution in [0.15, 0.2) is 10.7 Å². The Morgan fingerprint density at radius 1 is 1.23 bits per heavy atom. The summed E-state index contributed by atoms with van der Waals surface area (Å²) in [6, 6.07) is 0. The van der Waals surface area contributed by atoms with Gasteiger partial charge < -0.3 is 14.8 Å². The molecule has 0 aromatic carbocycles. The van der Waals surface area contributed by atoms with Gasteiger partial charge in [-0.1, -0.05) is 5.16 Å². The lowest BCUT2D eigenvalue weighted by atomic mass is 9.95. The molecule has 4 rings (SSSR count). The lowest BCUT2D eigenvalue weighted by Crippen LogP contribution is -2.24. The number of nitrogens with one attached hydrogen (secondary N) is 2. The number of hydrogen-bond donors (Lipinski definition) is 2. The number of hydrogen-bond acceptors (Lipinski definition) is 6. The Kier molecular flexibility index (Phi) is 3.96. The first-order valence-corrected chi connectivity index (χ1v) is 8.70. The zero-order chi connectivity index (χ0) is 18.4. The summed E-state index contributed by atoms with van der Waals surface area (Å²) in [6.45, 7) is 9.03. The van der Waals surface area contributed by atoms with Gasteiger partial charge in [0.2, 0.25) is 5.82 Å². The monoisotopic (exact) mass is 351 g/mol. The lowest BCUT2D eigenvalue weighted by molar-refractivity contribution is 0.101. The van der Waals surface area contributed by atoms with Crippen molar-refractivity contribution < 1.29 is 9.32 Å². The molecule has 0 unspecified atom stereocenters. The molecular weight excluding hydrogens is 330 g/mol. The summed E-state index contributed by atoms with van der Waals surface area (Å²) in [7, 11) is 0. The third kappa shape index (κ3) is 2.55. The van der Waals surface area contributed by atoms with E-state index in [0.29, 0.717) is 17.4 Å². The van der Waals surface area contributed by atoms with Crippen LogP contribution in [0.5, 0.6) is 0 Å². The van der Waals surface area contributed by atoms with Crippen molar-refractivity contribution in [2.75, 3.05) is 6.54 Å². The molecule has 1 aliphatic heterocycles. The first kappa shape index (κ1) is 16.7. The number of pyridine rings is 1. The quantitative estimate of drug-likeness (QED) is 0.704. The van der Waals surface area contributed by atoms with Crippen LogP contribution in [0.25, 0.3) is 22.8 Å². The Bertz CT molecular complexity index is 1020. The van der Waals surface area contributed by atoms with Gasteiger partial charge in [-0.15, -0.1) is 0 Å². The van der Waals surface area contributed by atoms with Crippen molar-refractivity contribution >= 4 is 5.78 Å². The van der Waals surface area contributed by atoms with Gasteiger partial charge in [-0.2, -0.15) is 4.98 Å². The van der Waals surface area contributed by atoms with Gasteiger partial charge in [0, 0.05) is 36.6 Å². The van der Waals surface area contributed by atoms with Crippen LogP contribution in [0, 0.1) is 20.8 Å². The molecule has 0 bridgehead atoms. The van der Waals surface area contributed by atoms with Crippen molar-refractivity contribution in [3.8, 4) is 22.8 Å². The number of aromatic amines is 1. The van der Waals surface area contributed by atoms with Crippen LogP contribution in [0.2, 0.25) is 0 Å². The van der Waals surface area contributed by atoms with E-state index in [9.17, 15) is 4.79 Å². The third-order valence-corrected chi connectivity index (χ3v) is 4.99. The minimum absolute atomic E-state index is 0.0127. The largest absolute Gasteiger partial charge is 0.355 e. The zero-order valence-corrected chi connectivity index (χ0v) is 15.4. The number of aromatic nitrogens is 4. The van der Waals surface area contributed by atoms with E-state index in [1.807, 2.05) is 27.0 Å². The molecular formula is C19H21N5O2. The molecule has 0 radical (unpaired) electrons. The molecule has 4 heterocycles. The Balaban J connectivity index is 1.83. The Labute approximate surface area is 151 Å². The Morgan fingerprint density at radius 3 is 2.77 bits per heavy atom. The van der Waals surface area contributed by atoms with Crippen molar-refractivity contribution in [1.29, 1.82) is 0 Å². The number of H-pyrrole nitrogens is 1. The maximum Gasteiger partial charge on any atom is 0.260 e. The summed E-state index contributed by atoms with van der Waals surface area (Å²) >= 11 is 0. The van der Waals surface area contributed by atoms with E-state index >= 15 is 0 Å². The topological polar surface area (TPSA) is 96.7 Å². The summed E-state index contributed by atoms with van der Waals surface area (Å²) < 4.78 is 5.57. The van der Waals surface area contributed by atoms with Crippen molar-refractivity contribution in [2.45, 2.75) is 40.7 Å². The number of aryl methyl sites for hydroxylation is 2. The number of carbonyl (C=O) groups is 1. The number of Topliss-reactive ketones (excluding diaryl/α,β-unsaturated/α-hetero) is 1. The fraction of sp³-hybridized carbons (Fsp3) is 0.368. The molecule has 0 amide bonds. The summed E-state index contributed by atoms with van der Waals surface area (Å²) in [5.41, 5.74) is 7.31. The highest BCUT2D eigenvalue weighted by Gasteiger charge is 2.24. The SMILES string of the molecule is CC(=O)c1[nH]c(C)c(-c2nc(-c3c(C)ncc4c3CCNC4)no2)c1C. The van der Waals surface area contributed by atoms with Gasteiger partial charge in [0.1, 0.15) is 0 Å². The fourth-order valence-corrected chi connectivity index (χ4v) is 3.72. The second-order valence-electron chi connectivity index (χ2n) is 6.75. The van der Waals surface area contributed by atoms with Crippen molar-refractivity contribution in [3.05, 3.63) is 40.0 Å². The van der Waals surface area contributed by atoms with Gasteiger partial charge in [0.05, 0.1) is 11.3 Å². The number of fused-ring (bicyclic) bond motifs is 1. The highest BCUT2D eigenvalue weighted by Crippen LogP contribution is 2.33. The van der Waals surface area contributed by atoms with Crippen molar-refractivity contribution in [3.63, 3.8) is 0 Å². The van der Waals surface area contributed by atoms with Crippen LogP contribution in [0.3, 0.4) is 0 Å². The maximum absolute atomic E-state index is 11.8. The second-order valence-corrected chi connectivity index (χ2v) is 6.75. The van der Waals surface area contributed by atoms with Gasteiger partial charge in [-0.05, 0) is 50.4 Å². The van der Waals surface area contributed by atoms with E-state index in [-0.39, 0.29) is 5.78 Å². The molecule has 7 nitrogen and oxygen atoms in total. The van der Waals surface area contributed by atoms with Crippen molar-refractivity contribution in [2.24, 2.45) is 0 Å². The standard InChI is InChI=1S/C19H21N5O2/c1-9-15(11(3)22-17(9)12(4)25)19-23-18(24-26-19)16-10(2)21-8-13-7-20-6-5-14(13)16/h8,20,22H,5-7H2,1-4H3. The first-order valence-electron chi connectivity index (χ1n) is 8.70. The van der Waals surface area contributed by atoms with Gasteiger partial charge >= 0.3 is 0 Å². The van der Waals surface area contributed by atoms with E-state index in [1.165, 1.54) is 11.1 Å². The van der Waals surface area contributed by atoms with Gasteiger partial charge in [-0.3, -0.25) is 9.78 Å². The van der Waals surface area contributed by atoms with Gasteiger partial charge in [0.25, 0.3) is 5.89 Å². The lowest BCUT2D eigenvalue weighted by Gasteiger charge is -2.19. The molecule has 134 valence electrons. The van der Waals surface area contributed by atoms with Crippen LogP contribution in [0.4, 0.5) is 0 Å². The molecule has 3 aromatic heterocycles. The molecule has 0 saturated heterocycles. The predicted octanol–water partition coefficient (Wildman–Crippen LogP) is 2.90. The minimum Gasteiger partial charge on any atom is -0.355 e. The van der Waals surface area contributed by atoms with Crippen LogP contribution in [0.1, 0.15) is 45.5 Å². The van der Waals surface area contributed by atoms with E-state index < -0.39 is 0 Å². The van der Waals surface area contributed by atoms with Crippen molar-refractivity contribution in [1.82, 2.24) is 25.4 Å². The number of ketones is 1. The van der Waals surface area contributed by atoms with E-state index in [1.54, 1.807) is 6.92 Å². The number of carbonyl (C=O) groups excluding carboxylic acids is 1. The zero-order valence-electron chi connectivity index (χ0n) is 15.4. The molecule has 7 heteroatoms. The van der Waals surface area contributed by atoms with Crippen LogP contribution >= 0.6 is 0 Å². The summed E-state index contributed by atoms with van der Waals surface area (Å²) in [6.07, 6.45) is 2.83. The minimum atomic E-state index is -0.0127. The van der Waals surface area contributed by atoms with Gasteiger partial charge in [-0.25, -0.2) is 0 Å². The normalized spacial score (nSPS) is 13.7. The Morgan fingerprint density at radius 2 is 2.04 bits per heavy atom. The summed E-state index contributed by atoms with van der Waals surface area (Å²) in [5, 5.41) is 7.58. The molecule has 3 aromatic rings. The van der Waals surface area contributed by atoms with Crippen LogP contribution < -0.4 is 5.32 Å². The number of rotatable bonds is 3. The van der Waals surface area contributed by atoms with Crippen LogP contribution in [-0.4, -0.2) is 32.4 Å².